The van der Waals surface area contributed by atoms with Gasteiger partial charge in [-0.2, -0.15) is 0 Å². The molecule has 0 aromatic heterocycles. The summed E-state index contributed by atoms with van der Waals surface area (Å²) in [6.07, 6.45) is 0.0723. The lowest BCUT2D eigenvalue weighted by molar-refractivity contribution is -0.145. The first-order valence-corrected chi connectivity index (χ1v) is 7.44. The zero-order chi connectivity index (χ0) is 18.8. The number of rotatable bonds is 9. The van der Waals surface area contributed by atoms with Crippen LogP contribution in [0.15, 0.2) is 12.7 Å². The molecule has 0 radical (unpaired) electrons. The molecular weight excluding hydrogens is 318 g/mol. The van der Waals surface area contributed by atoms with E-state index in [0.29, 0.717) is 0 Å². The maximum Gasteiger partial charge on any atom is 0.408 e. The first kappa shape index (κ1) is 21.6. The Kier molecular flexibility index (Phi) is 9.37. The maximum absolute atomic E-state index is 11.7. The maximum atomic E-state index is 11.7. The van der Waals surface area contributed by atoms with Crippen molar-refractivity contribution >= 4 is 23.8 Å². The van der Waals surface area contributed by atoms with E-state index in [1.165, 1.54) is 13.2 Å². The normalized spacial score (nSPS) is 11.8. The van der Waals surface area contributed by atoms with E-state index in [1.807, 2.05) is 0 Å². The molecule has 0 rings (SSSR count). The Morgan fingerprint density at radius 3 is 2.33 bits per heavy atom. The summed E-state index contributed by atoms with van der Waals surface area (Å²) in [6, 6.07) is -1.04. The van der Waals surface area contributed by atoms with Crippen molar-refractivity contribution < 1.29 is 33.4 Å². The largest absolute Gasteiger partial charge is 0.467 e. The molecule has 0 heterocycles. The summed E-state index contributed by atoms with van der Waals surface area (Å²) in [5.41, 5.74) is -0.727. The number of esters is 2. The number of nitrogens with one attached hydrogen (secondary N) is 1. The van der Waals surface area contributed by atoms with E-state index in [-0.39, 0.29) is 19.4 Å². The molecule has 8 heteroatoms. The van der Waals surface area contributed by atoms with Crippen LogP contribution >= 0.6 is 0 Å². The summed E-state index contributed by atoms with van der Waals surface area (Å²) < 4.78 is 14.3. The quantitative estimate of drug-likeness (QED) is 0.293. The molecule has 0 aliphatic heterocycles. The third-order valence-electron chi connectivity index (χ3n) is 2.59. The molecule has 1 N–H and O–H groups in total. The van der Waals surface area contributed by atoms with Gasteiger partial charge < -0.3 is 19.5 Å². The van der Waals surface area contributed by atoms with Crippen LogP contribution in [-0.4, -0.2) is 49.2 Å². The minimum absolute atomic E-state index is 0.0144. The van der Waals surface area contributed by atoms with Gasteiger partial charge in [-0.1, -0.05) is 12.7 Å². The topological polar surface area (TPSA) is 108 Å². The smallest absolute Gasteiger partial charge is 0.408 e. The summed E-state index contributed by atoms with van der Waals surface area (Å²) in [4.78, 5) is 46.4. The van der Waals surface area contributed by atoms with E-state index in [0.717, 1.165) is 0 Å². The predicted octanol–water partition coefficient (Wildman–Crippen LogP) is 1.52. The molecule has 0 saturated heterocycles. The number of ketones is 1. The highest BCUT2D eigenvalue weighted by Crippen LogP contribution is 2.09. The van der Waals surface area contributed by atoms with E-state index in [9.17, 15) is 19.2 Å². The monoisotopic (exact) mass is 343 g/mol. The Morgan fingerprint density at radius 2 is 1.83 bits per heavy atom. The third-order valence-corrected chi connectivity index (χ3v) is 2.59. The van der Waals surface area contributed by atoms with Gasteiger partial charge in [0.1, 0.15) is 30.5 Å². The molecule has 0 spiro atoms. The molecule has 0 aromatic rings. The molecule has 0 aliphatic rings. The van der Waals surface area contributed by atoms with E-state index in [1.54, 1.807) is 20.8 Å². The number of amides is 1. The summed E-state index contributed by atoms with van der Waals surface area (Å²) in [5.74, 6) is -1.79. The van der Waals surface area contributed by atoms with Crippen molar-refractivity contribution in [2.45, 2.75) is 51.7 Å². The van der Waals surface area contributed by atoms with Gasteiger partial charge in [0.25, 0.3) is 0 Å². The Balaban J connectivity index is 4.51. The van der Waals surface area contributed by atoms with E-state index in [2.05, 4.69) is 16.6 Å². The molecule has 136 valence electrons. The summed E-state index contributed by atoms with van der Waals surface area (Å²) in [6.45, 7) is 8.45. The molecule has 0 saturated carbocycles. The SMILES string of the molecule is C=CCOC(=O)CC(=O)CC[C@H](NC(=O)OC(C)(C)C)C(=O)OC. The highest BCUT2D eigenvalue weighted by atomic mass is 16.6. The summed E-state index contributed by atoms with van der Waals surface area (Å²) >= 11 is 0. The highest BCUT2D eigenvalue weighted by molar-refractivity contribution is 5.95. The molecule has 24 heavy (non-hydrogen) atoms. The highest BCUT2D eigenvalue weighted by Gasteiger charge is 2.26. The lowest BCUT2D eigenvalue weighted by Crippen LogP contribution is -2.44. The molecule has 0 fully saturated rings. The van der Waals surface area contributed by atoms with Crippen LogP contribution in [0.3, 0.4) is 0 Å². The second kappa shape index (κ2) is 10.4. The number of hydrogen-bond acceptors (Lipinski definition) is 7. The molecule has 8 nitrogen and oxygen atoms in total. The number of carbonyl (C=O) groups is 4. The Bertz CT molecular complexity index is 479. The van der Waals surface area contributed by atoms with Crippen molar-refractivity contribution in [2.75, 3.05) is 13.7 Å². The molecule has 0 aliphatic carbocycles. The molecule has 1 amide bonds. The Morgan fingerprint density at radius 1 is 1.21 bits per heavy atom. The first-order valence-electron chi connectivity index (χ1n) is 7.44. The molecule has 0 unspecified atom stereocenters. The minimum Gasteiger partial charge on any atom is -0.467 e. The van der Waals surface area contributed by atoms with Gasteiger partial charge in [-0.3, -0.25) is 9.59 Å². The van der Waals surface area contributed by atoms with Gasteiger partial charge >= 0.3 is 18.0 Å². The molecule has 1 atom stereocenters. The van der Waals surface area contributed by atoms with E-state index in [4.69, 9.17) is 9.47 Å². The van der Waals surface area contributed by atoms with Crippen LogP contribution in [-0.2, 0) is 28.6 Å². The number of Topliss-reactive ketones (excluding diaryl/α,β-unsaturated/α-hetero) is 1. The van der Waals surface area contributed by atoms with Crippen molar-refractivity contribution in [3.8, 4) is 0 Å². The molecule has 0 bridgehead atoms. The fraction of sp³-hybridized carbons (Fsp3) is 0.625. The molecular formula is C16H25NO7. The van der Waals surface area contributed by atoms with E-state index < -0.39 is 41.9 Å². The van der Waals surface area contributed by atoms with Crippen LogP contribution in [0.2, 0.25) is 0 Å². The van der Waals surface area contributed by atoms with E-state index >= 15 is 0 Å². The van der Waals surface area contributed by atoms with Gasteiger partial charge in [0.15, 0.2) is 0 Å². The van der Waals surface area contributed by atoms with Gasteiger partial charge in [0.05, 0.1) is 7.11 Å². The lowest BCUT2D eigenvalue weighted by atomic mass is 10.1. The van der Waals surface area contributed by atoms with Crippen LogP contribution in [0.5, 0.6) is 0 Å². The van der Waals surface area contributed by atoms with Crippen LogP contribution in [0.4, 0.5) is 4.79 Å². The van der Waals surface area contributed by atoms with Crippen LogP contribution in [0.25, 0.3) is 0 Å². The molecule has 0 aromatic carbocycles. The zero-order valence-electron chi connectivity index (χ0n) is 14.5. The summed E-state index contributed by atoms with van der Waals surface area (Å²) in [5, 5.41) is 2.35. The third kappa shape index (κ3) is 10.4. The van der Waals surface area contributed by atoms with Crippen LogP contribution in [0, 0.1) is 0 Å². The number of methoxy groups -OCH3 is 1. The van der Waals surface area contributed by atoms with Gasteiger partial charge in [-0.25, -0.2) is 9.59 Å². The predicted molar refractivity (Wildman–Crippen MR) is 85.2 cm³/mol. The van der Waals surface area contributed by atoms with Gasteiger partial charge in [0.2, 0.25) is 0 Å². The Labute approximate surface area is 141 Å². The standard InChI is InChI=1S/C16H25NO7/c1-6-9-23-13(19)10-11(18)7-8-12(14(20)22-5)17-15(21)24-16(2,3)4/h6,12H,1,7-10H2,2-5H3,(H,17,21)/t12-/m0/s1. The number of ether oxygens (including phenoxy) is 3. The van der Waals surface area contributed by atoms with Crippen molar-refractivity contribution in [3.63, 3.8) is 0 Å². The van der Waals surface area contributed by atoms with Gasteiger partial charge in [-0.05, 0) is 27.2 Å². The van der Waals surface area contributed by atoms with Crippen molar-refractivity contribution in [1.29, 1.82) is 0 Å². The van der Waals surface area contributed by atoms with Crippen LogP contribution in [0.1, 0.15) is 40.0 Å². The fourth-order valence-corrected chi connectivity index (χ4v) is 1.60. The van der Waals surface area contributed by atoms with Crippen LogP contribution < -0.4 is 5.32 Å². The number of hydrogen-bond donors (Lipinski definition) is 1. The van der Waals surface area contributed by atoms with Gasteiger partial charge in [-0.15, -0.1) is 0 Å². The average molecular weight is 343 g/mol. The Hall–Kier alpha value is -2.38. The second-order valence-electron chi connectivity index (χ2n) is 5.95. The van der Waals surface area contributed by atoms with Gasteiger partial charge in [0, 0.05) is 6.42 Å². The zero-order valence-corrected chi connectivity index (χ0v) is 14.5. The minimum atomic E-state index is -1.04. The summed E-state index contributed by atoms with van der Waals surface area (Å²) in [7, 11) is 1.17. The fourth-order valence-electron chi connectivity index (χ4n) is 1.60. The van der Waals surface area contributed by atoms with Crippen molar-refractivity contribution in [3.05, 3.63) is 12.7 Å². The van der Waals surface area contributed by atoms with Crippen molar-refractivity contribution in [1.82, 2.24) is 5.32 Å². The van der Waals surface area contributed by atoms with Crippen molar-refractivity contribution in [2.24, 2.45) is 0 Å². The number of alkyl carbamates (subject to hydrolysis) is 1. The first-order chi connectivity index (χ1) is 11.1. The lowest BCUT2D eigenvalue weighted by Gasteiger charge is -2.22. The second-order valence-corrected chi connectivity index (χ2v) is 5.95. The number of carbonyl (C=O) groups excluding carboxylic acids is 4. The average Bonchev–Trinajstić information content (AvgIpc) is 2.46.